The second kappa shape index (κ2) is 8.44. The van der Waals surface area contributed by atoms with Crippen LogP contribution in [0, 0.1) is 11.5 Å². The molecule has 1 aromatic heterocycles. The van der Waals surface area contributed by atoms with Crippen molar-refractivity contribution in [2.75, 3.05) is 6.26 Å². The highest BCUT2D eigenvalue weighted by molar-refractivity contribution is 8.13. The van der Waals surface area contributed by atoms with Gasteiger partial charge in [-0.15, -0.1) is 0 Å². The summed E-state index contributed by atoms with van der Waals surface area (Å²) >= 11 is 1.28. The van der Waals surface area contributed by atoms with Gasteiger partial charge in [-0.05, 0) is 42.7 Å². The van der Waals surface area contributed by atoms with E-state index in [4.69, 9.17) is 5.26 Å². The summed E-state index contributed by atoms with van der Waals surface area (Å²) in [6, 6.07) is 11.4. The van der Waals surface area contributed by atoms with Crippen LogP contribution >= 0.6 is 11.8 Å². The summed E-state index contributed by atoms with van der Waals surface area (Å²) in [6.07, 6.45) is 5.18. The number of nitriles is 1. The number of nitrogens with zero attached hydrogens (tertiary/aromatic N) is 3. The lowest BCUT2D eigenvalue weighted by Gasteiger charge is -2.07. The van der Waals surface area contributed by atoms with Crippen LogP contribution in [0.4, 0.5) is 5.69 Å². The van der Waals surface area contributed by atoms with Crippen molar-refractivity contribution in [3.05, 3.63) is 54.4 Å². The second-order valence-corrected chi connectivity index (χ2v) is 7.06. The Kier molecular flexibility index (Phi) is 6.31. The Morgan fingerprint density at radius 1 is 1.29 bits per heavy atom. The number of thioether (sulfide) groups is 1. The van der Waals surface area contributed by atoms with Gasteiger partial charge in [-0.3, -0.25) is 10.3 Å². The van der Waals surface area contributed by atoms with Gasteiger partial charge < -0.3 is 0 Å². The maximum absolute atomic E-state index is 12.3. The predicted molar refractivity (Wildman–Crippen MR) is 94.1 cm³/mol. The first-order chi connectivity index (χ1) is 11.5. The molecule has 0 aliphatic carbocycles. The zero-order valence-electron chi connectivity index (χ0n) is 12.8. The van der Waals surface area contributed by atoms with E-state index in [1.54, 1.807) is 49.0 Å². The van der Waals surface area contributed by atoms with Gasteiger partial charge in [0, 0.05) is 6.20 Å². The summed E-state index contributed by atoms with van der Waals surface area (Å²) < 4.78 is 27.0. The smallest absolute Gasteiger partial charge is 0.240 e. The number of aromatic nitrogens is 1. The van der Waals surface area contributed by atoms with E-state index in [-0.39, 0.29) is 11.4 Å². The molecule has 2 aromatic rings. The van der Waals surface area contributed by atoms with Gasteiger partial charge in [-0.2, -0.15) is 5.26 Å². The Balaban J connectivity index is 2.10. The molecule has 2 rings (SSSR count). The van der Waals surface area contributed by atoms with Gasteiger partial charge in [0.05, 0.1) is 22.8 Å². The van der Waals surface area contributed by atoms with Crippen molar-refractivity contribution < 1.29 is 8.42 Å². The van der Waals surface area contributed by atoms with E-state index < -0.39 is 10.0 Å². The molecule has 0 atom stereocenters. The molecular formula is C15H15N5O2S2. The van der Waals surface area contributed by atoms with E-state index in [1.807, 2.05) is 0 Å². The summed E-state index contributed by atoms with van der Waals surface area (Å²) in [5, 5.41) is 11.5. The van der Waals surface area contributed by atoms with E-state index in [0.29, 0.717) is 16.5 Å². The SMILES string of the molecule is CSC(=Nc1ccc(S(=O)(=O)NCc2ccccn2)cc1)NC#N. The summed E-state index contributed by atoms with van der Waals surface area (Å²) in [6.45, 7) is 0.117. The maximum atomic E-state index is 12.3. The largest absolute Gasteiger partial charge is 0.271 e. The minimum atomic E-state index is -3.63. The zero-order valence-corrected chi connectivity index (χ0v) is 14.4. The lowest BCUT2D eigenvalue weighted by atomic mass is 10.3. The zero-order chi connectivity index (χ0) is 17.4. The maximum Gasteiger partial charge on any atom is 0.240 e. The van der Waals surface area contributed by atoms with Crippen LogP contribution in [0.5, 0.6) is 0 Å². The number of benzene rings is 1. The van der Waals surface area contributed by atoms with Crippen molar-refractivity contribution in [2.24, 2.45) is 4.99 Å². The molecule has 2 N–H and O–H groups in total. The third-order valence-electron chi connectivity index (χ3n) is 2.90. The van der Waals surface area contributed by atoms with Crippen molar-refractivity contribution in [2.45, 2.75) is 11.4 Å². The highest BCUT2D eigenvalue weighted by Gasteiger charge is 2.13. The fraction of sp³-hybridized carbons (Fsp3) is 0.133. The monoisotopic (exact) mass is 361 g/mol. The average Bonchev–Trinajstić information content (AvgIpc) is 2.61. The quantitative estimate of drug-likeness (QED) is 0.365. The lowest BCUT2D eigenvalue weighted by Crippen LogP contribution is -2.23. The molecule has 0 amide bonds. The molecule has 9 heteroatoms. The van der Waals surface area contributed by atoms with Crippen LogP contribution in [0.1, 0.15) is 5.69 Å². The van der Waals surface area contributed by atoms with Crippen LogP contribution in [0.2, 0.25) is 0 Å². The number of amidine groups is 1. The molecule has 124 valence electrons. The van der Waals surface area contributed by atoms with Gasteiger partial charge in [0.2, 0.25) is 10.0 Å². The van der Waals surface area contributed by atoms with Crippen molar-refractivity contribution >= 4 is 32.6 Å². The number of rotatable bonds is 5. The first-order valence-corrected chi connectivity index (χ1v) is 9.53. The van der Waals surface area contributed by atoms with Crippen LogP contribution < -0.4 is 10.0 Å². The highest BCUT2D eigenvalue weighted by atomic mass is 32.2. The van der Waals surface area contributed by atoms with Crippen LogP contribution in [-0.2, 0) is 16.6 Å². The number of sulfonamides is 1. The van der Waals surface area contributed by atoms with Gasteiger partial charge in [0.15, 0.2) is 11.4 Å². The van der Waals surface area contributed by atoms with E-state index in [0.717, 1.165) is 0 Å². The molecule has 0 spiro atoms. The Bertz CT molecular complexity index is 844. The van der Waals surface area contributed by atoms with Crippen LogP contribution in [0.25, 0.3) is 0 Å². The van der Waals surface area contributed by atoms with E-state index in [2.05, 4.69) is 20.0 Å². The number of aliphatic imine (C=N–C) groups is 1. The molecule has 1 aromatic carbocycles. The number of nitrogens with one attached hydrogen (secondary N) is 2. The molecule has 1 heterocycles. The predicted octanol–water partition coefficient (Wildman–Crippen LogP) is 1.98. The number of pyridine rings is 1. The van der Waals surface area contributed by atoms with Crippen LogP contribution in [-0.4, -0.2) is 24.8 Å². The van der Waals surface area contributed by atoms with Crippen molar-refractivity contribution in [1.82, 2.24) is 15.0 Å². The molecule has 0 saturated carbocycles. The molecule has 0 aliphatic heterocycles. The Morgan fingerprint density at radius 2 is 2.04 bits per heavy atom. The lowest BCUT2D eigenvalue weighted by molar-refractivity contribution is 0.580. The molecule has 0 bridgehead atoms. The molecular weight excluding hydrogens is 346 g/mol. The molecule has 0 unspecified atom stereocenters. The first kappa shape index (κ1) is 17.9. The minimum absolute atomic E-state index is 0.117. The Hall–Kier alpha value is -2.41. The molecule has 7 nitrogen and oxygen atoms in total. The normalized spacial score (nSPS) is 11.8. The topological polar surface area (TPSA) is 107 Å². The highest BCUT2D eigenvalue weighted by Crippen LogP contribution is 2.18. The van der Waals surface area contributed by atoms with Gasteiger partial charge in [0.1, 0.15) is 0 Å². The summed E-state index contributed by atoms with van der Waals surface area (Å²) in [7, 11) is -3.63. The number of hydrogen-bond acceptors (Lipinski definition) is 6. The third kappa shape index (κ3) is 5.06. The second-order valence-electron chi connectivity index (χ2n) is 4.50. The molecule has 24 heavy (non-hydrogen) atoms. The van der Waals surface area contributed by atoms with E-state index in [9.17, 15) is 8.42 Å². The van der Waals surface area contributed by atoms with Crippen LogP contribution in [0.15, 0.2) is 58.5 Å². The van der Waals surface area contributed by atoms with E-state index >= 15 is 0 Å². The van der Waals surface area contributed by atoms with Gasteiger partial charge in [-0.1, -0.05) is 17.8 Å². The van der Waals surface area contributed by atoms with Crippen molar-refractivity contribution in [3.63, 3.8) is 0 Å². The fourth-order valence-electron chi connectivity index (χ4n) is 1.74. The summed E-state index contributed by atoms with van der Waals surface area (Å²) in [4.78, 5) is 8.41. The minimum Gasteiger partial charge on any atom is -0.271 e. The fourth-order valence-corrected chi connectivity index (χ4v) is 3.09. The standard InChI is InChI=1S/C15H15N5O2S2/c1-23-15(18-11-16)20-12-5-7-14(8-6-12)24(21,22)19-10-13-4-2-3-9-17-13/h2-9,19H,10H2,1H3,(H,18,20). The molecule has 0 saturated heterocycles. The van der Waals surface area contributed by atoms with Gasteiger partial charge >= 0.3 is 0 Å². The van der Waals surface area contributed by atoms with Gasteiger partial charge in [0.25, 0.3) is 0 Å². The summed E-state index contributed by atoms with van der Waals surface area (Å²) in [5.41, 5.74) is 1.18. The summed E-state index contributed by atoms with van der Waals surface area (Å²) in [5.74, 6) is 0. The third-order valence-corrected chi connectivity index (χ3v) is 4.90. The molecule has 0 aliphatic rings. The van der Waals surface area contributed by atoms with Crippen molar-refractivity contribution in [1.29, 1.82) is 5.26 Å². The van der Waals surface area contributed by atoms with Crippen LogP contribution in [0.3, 0.4) is 0 Å². The van der Waals surface area contributed by atoms with E-state index in [1.165, 1.54) is 23.9 Å². The molecule has 0 radical (unpaired) electrons. The van der Waals surface area contributed by atoms with Crippen molar-refractivity contribution in [3.8, 4) is 6.19 Å². The first-order valence-electron chi connectivity index (χ1n) is 6.82. The number of hydrogen-bond donors (Lipinski definition) is 2. The van der Waals surface area contributed by atoms with Gasteiger partial charge in [-0.25, -0.2) is 18.1 Å². The Morgan fingerprint density at radius 3 is 2.62 bits per heavy atom. The Labute approximate surface area is 144 Å². The average molecular weight is 361 g/mol. The molecule has 0 fully saturated rings.